The molecule has 7 nitrogen and oxygen atoms in total. The molecular weight excluding hydrogens is 322 g/mol. The van der Waals surface area contributed by atoms with Crippen molar-refractivity contribution < 1.29 is 19.4 Å². The van der Waals surface area contributed by atoms with Crippen LogP contribution in [0.15, 0.2) is 30.6 Å². The van der Waals surface area contributed by atoms with Gasteiger partial charge in [-0.05, 0) is 24.6 Å². The Kier molecular flexibility index (Phi) is 4.09. The summed E-state index contributed by atoms with van der Waals surface area (Å²) in [6, 6.07) is 5.73. The van der Waals surface area contributed by atoms with Gasteiger partial charge in [0.15, 0.2) is 11.5 Å². The first kappa shape index (κ1) is 16.0. The molecule has 1 saturated heterocycles. The second-order valence-corrected chi connectivity index (χ2v) is 6.56. The van der Waals surface area contributed by atoms with E-state index in [-0.39, 0.29) is 12.7 Å². The lowest BCUT2D eigenvalue weighted by Gasteiger charge is -2.16. The molecule has 0 amide bonds. The summed E-state index contributed by atoms with van der Waals surface area (Å²) in [6.07, 6.45) is 3.87. The van der Waals surface area contributed by atoms with Crippen molar-refractivity contribution in [1.82, 2.24) is 14.7 Å². The van der Waals surface area contributed by atoms with Gasteiger partial charge in [-0.3, -0.25) is 14.4 Å². The van der Waals surface area contributed by atoms with Gasteiger partial charge in [0.2, 0.25) is 6.79 Å². The first-order valence-corrected chi connectivity index (χ1v) is 8.50. The molecule has 2 aromatic rings. The number of fused-ring (bicyclic) bond motifs is 1. The van der Waals surface area contributed by atoms with Crippen molar-refractivity contribution in [3.8, 4) is 11.5 Å². The van der Waals surface area contributed by atoms with Crippen molar-refractivity contribution in [3.05, 3.63) is 41.7 Å². The zero-order valence-electron chi connectivity index (χ0n) is 14.1. The third kappa shape index (κ3) is 3.07. The molecule has 25 heavy (non-hydrogen) atoms. The topological polar surface area (TPSA) is 76.8 Å². The van der Waals surface area contributed by atoms with Gasteiger partial charge in [-0.25, -0.2) is 0 Å². The number of carbonyl (C=O) groups is 1. The van der Waals surface area contributed by atoms with E-state index in [2.05, 4.69) is 10.00 Å². The van der Waals surface area contributed by atoms with Crippen LogP contribution in [0.1, 0.15) is 24.0 Å². The van der Waals surface area contributed by atoms with Crippen LogP contribution in [0, 0.1) is 5.92 Å². The van der Waals surface area contributed by atoms with Gasteiger partial charge >= 0.3 is 5.97 Å². The number of aliphatic carboxylic acids is 1. The molecule has 0 radical (unpaired) electrons. The zero-order valence-corrected chi connectivity index (χ0v) is 14.1. The van der Waals surface area contributed by atoms with Gasteiger partial charge in [-0.1, -0.05) is 6.07 Å². The van der Waals surface area contributed by atoms with Gasteiger partial charge < -0.3 is 14.6 Å². The van der Waals surface area contributed by atoms with Crippen LogP contribution in [0.3, 0.4) is 0 Å². The number of benzene rings is 1. The summed E-state index contributed by atoms with van der Waals surface area (Å²) in [5.74, 6) is 0.172. The largest absolute Gasteiger partial charge is 0.481 e. The average Bonchev–Trinajstić information content (AvgIpc) is 3.33. The number of rotatable bonds is 5. The Labute approximate surface area is 145 Å². The van der Waals surface area contributed by atoms with Gasteiger partial charge in [0.05, 0.1) is 12.1 Å². The van der Waals surface area contributed by atoms with Gasteiger partial charge in [0.1, 0.15) is 0 Å². The molecule has 0 bridgehead atoms. The monoisotopic (exact) mass is 343 g/mol. The van der Waals surface area contributed by atoms with Crippen LogP contribution in [0.25, 0.3) is 0 Å². The fraction of sp³-hybridized carbons (Fsp3) is 0.444. The summed E-state index contributed by atoms with van der Waals surface area (Å²) in [4.78, 5) is 14.0. The van der Waals surface area contributed by atoms with E-state index in [4.69, 9.17) is 9.47 Å². The van der Waals surface area contributed by atoms with Crippen LogP contribution in [-0.2, 0) is 17.9 Å². The molecule has 2 aliphatic heterocycles. The Morgan fingerprint density at radius 2 is 2.16 bits per heavy atom. The first-order chi connectivity index (χ1) is 12.1. The number of nitrogens with zero attached hydrogens (tertiary/aromatic N) is 3. The molecular formula is C18H21N3O4. The number of aryl methyl sites for hydroxylation is 1. The van der Waals surface area contributed by atoms with Crippen LogP contribution in [0.5, 0.6) is 11.5 Å². The molecule has 1 fully saturated rings. The number of hydrogen-bond acceptors (Lipinski definition) is 5. The maximum atomic E-state index is 11.8. The summed E-state index contributed by atoms with van der Waals surface area (Å²) in [7, 11) is 0. The lowest BCUT2D eigenvalue weighted by Crippen LogP contribution is -2.23. The molecule has 7 heteroatoms. The van der Waals surface area contributed by atoms with Gasteiger partial charge in [0.25, 0.3) is 0 Å². The quantitative estimate of drug-likeness (QED) is 0.894. The molecule has 1 aromatic carbocycles. The summed E-state index contributed by atoms with van der Waals surface area (Å²) >= 11 is 0. The Balaban J connectivity index is 1.53. The maximum absolute atomic E-state index is 11.8. The molecule has 2 atom stereocenters. The van der Waals surface area contributed by atoms with Crippen molar-refractivity contribution in [2.75, 3.05) is 19.9 Å². The summed E-state index contributed by atoms with van der Waals surface area (Å²) < 4.78 is 12.7. The van der Waals surface area contributed by atoms with E-state index < -0.39 is 11.9 Å². The Morgan fingerprint density at radius 3 is 2.92 bits per heavy atom. The average molecular weight is 343 g/mol. The third-order valence-electron chi connectivity index (χ3n) is 4.95. The van der Waals surface area contributed by atoms with Gasteiger partial charge in [-0.2, -0.15) is 5.10 Å². The Morgan fingerprint density at radius 1 is 1.32 bits per heavy atom. The van der Waals surface area contributed by atoms with E-state index in [9.17, 15) is 9.90 Å². The number of carboxylic acids is 1. The van der Waals surface area contributed by atoms with Crippen molar-refractivity contribution in [1.29, 1.82) is 0 Å². The van der Waals surface area contributed by atoms with Crippen molar-refractivity contribution in [3.63, 3.8) is 0 Å². The third-order valence-corrected chi connectivity index (χ3v) is 4.95. The highest BCUT2D eigenvalue weighted by Gasteiger charge is 2.39. The maximum Gasteiger partial charge on any atom is 0.308 e. The molecule has 0 aliphatic carbocycles. The van der Waals surface area contributed by atoms with Crippen molar-refractivity contribution in [2.24, 2.45) is 5.92 Å². The first-order valence-electron chi connectivity index (χ1n) is 8.50. The normalized spacial score (nSPS) is 22.4. The number of carboxylic acid groups (broad SMARTS) is 1. The molecule has 1 aromatic heterocycles. The second kappa shape index (κ2) is 6.40. The summed E-state index contributed by atoms with van der Waals surface area (Å²) in [5.41, 5.74) is 2.10. The van der Waals surface area contributed by atoms with E-state index in [0.717, 1.165) is 23.4 Å². The van der Waals surface area contributed by atoms with Crippen molar-refractivity contribution >= 4 is 5.97 Å². The Hall–Kier alpha value is -2.54. The minimum atomic E-state index is -0.755. The molecule has 2 aliphatic rings. The lowest BCUT2D eigenvalue weighted by molar-refractivity contribution is -0.141. The minimum Gasteiger partial charge on any atom is -0.481 e. The standard InChI is InChI=1S/C18H21N3O4/c1-2-21-8-12(6-19-21)7-20-9-14(15(10-20)18(22)23)13-3-4-16-17(5-13)25-11-24-16/h3-6,8,14-15H,2,7,9-11H2,1H3,(H,22,23)/t14-,15+/m0/s1. The fourth-order valence-electron chi connectivity index (χ4n) is 3.67. The molecule has 4 rings (SSSR count). The van der Waals surface area contributed by atoms with Crippen molar-refractivity contribution in [2.45, 2.75) is 25.9 Å². The summed E-state index contributed by atoms with van der Waals surface area (Å²) in [6.45, 7) is 5.05. The van der Waals surface area contributed by atoms with E-state index in [1.54, 1.807) is 0 Å². The number of ether oxygens (including phenoxy) is 2. The molecule has 132 valence electrons. The van der Waals surface area contributed by atoms with Gasteiger partial charge in [0, 0.05) is 43.9 Å². The molecule has 1 N–H and O–H groups in total. The van der Waals surface area contributed by atoms with E-state index in [0.29, 0.717) is 25.4 Å². The second-order valence-electron chi connectivity index (χ2n) is 6.56. The summed E-state index contributed by atoms with van der Waals surface area (Å²) in [5, 5.41) is 14.0. The predicted octanol–water partition coefficient (Wildman–Crippen LogP) is 1.93. The predicted molar refractivity (Wildman–Crippen MR) is 89.6 cm³/mol. The van der Waals surface area contributed by atoms with Crippen LogP contribution in [-0.4, -0.2) is 45.6 Å². The van der Waals surface area contributed by atoms with E-state index >= 15 is 0 Å². The molecule has 3 heterocycles. The molecule has 0 saturated carbocycles. The van der Waals surface area contributed by atoms with Crippen LogP contribution < -0.4 is 9.47 Å². The molecule has 0 unspecified atom stereocenters. The van der Waals surface area contributed by atoms with Gasteiger partial charge in [-0.15, -0.1) is 0 Å². The van der Waals surface area contributed by atoms with Crippen LogP contribution in [0.4, 0.5) is 0 Å². The van der Waals surface area contributed by atoms with Crippen LogP contribution in [0.2, 0.25) is 0 Å². The fourth-order valence-corrected chi connectivity index (χ4v) is 3.67. The number of hydrogen-bond donors (Lipinski definition) is 1. The lowest BCUT2D eigenvalue weighted by atomic mass is 9.89. The highest BCUT2D eigenvalue weighted by Crippen LogP contribution is 2.39. The highest BCUT2D eigenvalue weighted by atomic mass is 16.7. The minimum absolute atomic E-state index is 0.0618. The highest BCUT2D eigenvalue weighted by molar-refractivity contribution is 5.72. The SMILES string of the molecule is CCn1cc(CN2C[C@@H](C(=O)O)[C@H](c3ccc4c(c3)OCO4)C2)cn1. The van der Waals surface area contributed by atoms with E-state index in [1.165, 1.54) is 0 Å². The number of aromatic nitrogens is 2. The van der Waals surface area contributed by atoms with Crippen LogP contribution >= 0.6 is 0 Å². The Bertz CT molecular complexity index is 788. The van der Waals surface area contributed by atoms with E-state index in [1.807, 2.05) is 42.2 Å². The smallest absolute Gasteiger partial charge is 0.308 e. The molecule has 0 spiro atoms. The zero-order chi connectivity index (χ0) is 17.4. The number of likely N-dealkylation sites (tertiary alicyclic amines) is 1.